The Morgan fingerprint density at radius 1 is 1.20 bits per heavy atom. The van der Waals surface area contributed by atoms with Gasteiger partial charge in [-0.05, 0) is 40.2 Å². The van der Waals surface area contributed by atoms with Crippen LogP contribution < -0.4 is 4.72 Å². The molecule has 2 aromatic carbocycles. The van der Waals surface area contributed by atoms with Crippen LogP contribution in [0, 0.1) is 5.82 Å². The molecule has 0 spiro atoms. The number of benzene rings is 2. The fourth-order valence-electron chi connectivity index (χ4n) is 1.65. The van der Waals surface area contributed by atoms with Crippen molar-refractivity contribution >= 4 is 31.6 Å². The second-order valence-corrected chi connectivity index (χ2v) is 6.50. The first-order chi connectivity index (χ1) is 9.44. The molecule has 0 aliphatic rings. The Bertz CT molecular complexity index is 734. The molecule has 20 heavy (non-hydrogen) atoms. The lowest BCUT2D eigenvalue weighted by atomic mass is 10.2. The predicted molar refractivity (Wildman–Crippen MR) is 77.3 cm³/mol. The lowest BCUT2D eigenvalue weighted by Crippen LogP contribution is -2.15. The summed E-state index contributed by atoms with van der Waals surface area (Å²) < 4.78 is 40.0. The van der Waals surface area contributed by atoms with Gasteiger partial charge in [0.05, 0.1) is 12.3 Å². The topological polar surface area (TPSA) is 66.4 Å². The smallest absolute Gasteiger partial charge is 0.263 e. The van der Waals surface area contributed by atoms with E-state index < -0.39 is 15.8 Å². The molecule has 0 saturated heterocycles. The molecule has 0 fully saturated rings. The van der Waals surface area contributed by atoms with Crippen molar-refractivity contribution < 1.29 is 17.9 Å². The minimum Gasteiger partial charge on any atom is -0.392 e. The van der Waals surface area contributed by atoms with Crippen molar-refractivity contribution in [2.24, 2.45) is 0 Å². The normalized spacial score (nSPS) is 11.3. The Hall–Kier alpha value is -1.44. The molecule has 0 saturated carbocycles. The molecule has 0 aliphatic carbocycles. The highest BCUT2D eigenvalue weighted by Gasteiger charge is 2.19. The highest BCUT2D eigenvalue weighted by Crippen LogP contribution is 2.26. The Kier molecular flexibility index (Phi) is 4.42. The summed E-state index contributed by atoms with van der Waals surface area (Å²) in [4.78, 5) is -0.0772. The first kappa shape index (κ1) is 15.0. The number of aliphatic hydroxyl groups excluding tert-OH is 1. The van der Waals surface area contributed by atoms with Gasteiger partial charge in [0.1, 0.15) is 10.7 Å². The van der Waals surface area contributed by atoms with Crippen molar-refractivity contribution in [3.05, 3.63) is 58.3 Å². The van der Waals surface area contributed by atoms with Crippen LogP contribution >= 0.6 is 15.9 Å². The molecule has 7 heteroatoms. The molecule has 0 aromatic heterocycles. The van der Waals surface area contributed by atoms with Crippen LogP contribution in [0.3, 0.4) is 0 Å². The summed E-state index contributed by atoms with van der Waals surface area (Å²) in [6.07, 6.45) is 0. The lowest BCUT2D eigenvalue weighted by molar-refractivity contribution is 0.282. The van der Waals surface area contributed by atoms with Crippen LogP contribution in [-0.2, 0) is 16.6 Å². The van der Waals surface area contributed by atoms with E-state index in [0.717, 1.165) is 12.1 Å². The minimum absolute atomic E-state index is 0.0772. The molecule has 106 valence electrons. The second-order valence-electron chi connectivity index (χ2n) is 4.00. The van der Waals surface area contributed by atoms with Crippen molar-refractivity contribution in [1.29, 1.82) is 0 Å². The number of hydrogen-bond acceptors (Lipinski definition) is 3. The number of nitrogens with one attached hydrogen (secondary N) is 1. The molecule has 0 unspecified atom stereocenters. The predicted octanol–water partition coefficient (Wildman–Crippen LogP) is 2.88. The molecule has 4 nitrogen and oxygen atoms in total. The molecule has 0 radical (unpaired) electrons. The van der Waals surface area contributed by atoms with Crippen LogP contribution in [-0.4, -0.2) is 13.5 Å². The van der Waals surface area contributed by atoms with Crippen LogP contribution in [0.5, 0.6) is 0 Å². The van der Waals surface area contributed by atoms with Gasteiger partial charge in [0.2, 0.25) is 0 Å². The highest BCUT2D eigenvalue weighted by molar-refractivity contribution is 9.10. The van der Waals surface area contributed by atoms with Gasteiger partial charge < -0.3 is 5.11 Å². The summed E-state index contributed by atoms with van der Waals surface area (Å²) in [5, 5.41) is 9.18. The number of sulfonamides is 1. The van der Waals surface area contributed by atoms with Gasteiger partial charge in [-0.1, -0.05) is 18.2 Å². The zero-order valence-corrected chi connectivity index (χ0v) is 12.6. The molecular formula is C13H11BrFNO3S. The standard InChI is InChI=1S/C13H11BrFNO3S/c14-11-7-10(15)5-6-13(11)20(18,19)16-12-4-2-1-3-9(12)8-17/h1-7,16-17H,8H2. The summed E-state index contributed by atoms with van der Waals surface area (Å²) in [5.41, 5.74) is 0.737. The first-order valence-electron chi connectivity index (χ1n) is 5.60. The maximum Gasteiger partial charge on any atom is 0.263 e. The number of para-hydroxylation sites is 1. The molecule has 0 bridgehead atoms. The molecule has 2 aromatic rings. The molecule has 2 rings (SSSR count). The van der Waals surface area contributed by atoms with E-state index in [1.165, 1.54) is 6.07 Å². The van der Waals surface area contributed by atoms with Gasteiger partial charge in [0, 0.05) is 10.0 Å². The number of rotatable bonds is 4. The summed E-state index contributed by atoms with van der Waals surface area (Å²) >= 11 is 3.02. The molecule has 0 amide bonds. The van der Waals surface area contributed by atoms with Gasteiger partial charge in [0.25, 0.3) is 10.0 Å². The lowest BCUT2D eigenvalue weighted by Gasteiger charge is -2.12. The Morgan fingerprint density at radius 2 is 1.90 bits per heavy atom. The van der Waals surface area contributed by atoms with Gasteiger partial charge in [-0.15, -0.1) is 0 Å². The van der Waals surface area contributed by atoms with Crippen LogP contribution in [0.15, 0.2) is 51.8 Å². The molecule has 0 heterocycles. The van der Waals surface area contributed by atoms with Crippen LogP contribution in [0.25, 0.3) is 0 Å². The van der Waals surface area contributed by atoms with Gasteiger partial charge in [-0.2, -0.15) is 0 Å². The number of halogens is 2. The van der Waals surface area contributed by atoms with E-state index in [4.69, 9.17) is 0 Å². The SMILES string of the molecule is O=S(=O)(Nc1ccccc1CO)c1ccc(F)cc1Br. The average Bonchev–Trinajstić information content (AvgIpc) is 2.38. The van der Waals surface area contributed by atoms with Gasteiger partial charge in [0.15, 0.2) is 0 Å². The van der Waals surface area contributed by atoms with Crippen LogP contribution in [0.2, 0.25) is 0 Å². The fourth-order valence-corrected chi connectivity index (χ4v) is 3.80. The van der Waals surface area contributed by atoms with E-state index >= 15 is 0 Å². The van der Waals surface area contributed by atoms with Gasteiger partial charge in [-0.25, -0.2) is 12.8 Å². The highest BCUT2D eigenvalue weighted by atomic mass is 79.9. The van der Waals surface area contributed by atoms with Crippen molar-refractivity contribution in [3.8, 4) is 0 Å². The molecule has 0 aliphatic heterocycles. The number of hydrogen-bond donors (Lipinski definition) is 2. The van der Waals surface area contributed by atoms with Gasteiger partial charge >= 0.3 is 0 Å². The zero-order valence-electron chi connectivity index (χ0n) is 10.2. The van der Waals surface area contributed by atoms with E-state index in [-0.39, 0.29) is 21.7 Å². The van der Waals surface area contributed by atoms with E-state index in [1.54, 1.807) is 24.3 Å². The first-order valence-corrected chi connectivity index (χ1v) is 7.88. The van der Waals surface area contributed by atoms with E-state index in [9.17, 15) is 17.9 Å². The molecule has 2 N–H and O–H groups in total. The maximum absolute atomic E-state index is 13.0. The third kappa shape index (κ3) is 3.17. The molecule has 0 atom stereocenters. The van der Waals surface area contributed by atoms with E-state index in [1.807, 2.05) is 0 Å². The summed E-state index contributed by atoms with van der Waals surface area (Å²) in [5.74, 6) is -0.536. The second kappa shape index (κ2) is 5.90. The summed E-state index contributed by atoms with van der Waals surface area (Å²) in [6.45, 7) is -0.288. The number of anilines is 1. The largest absolute Gasteiger partial charge is 0.392 e. The van der Waals surface area contributed by atoms with Crippen molar-refractivity contribution in [3.63, 3.8) is 0 Å². The zero-order chi connectivity index (χ0) is 14.8. The summed E-state index contributed by atoms with van der Waals surface area (Å²) in [6, 6.07) is 9.80. The quantitative estimate of drug-likeness (QED) is 0.881. The van der Waals surface area contributed by atoms with Gasteiger partial charge in [-0.3, -0.25) is 4.72 Å². The molecular weight excluding hydrogens is 349 g/mol. The summed E-state index contributed by atoms with van der Waals surface area (Å²) in [7, 11) is -3.87. The Balaban J connectivity index is 2.41. The van der Waals surface area contributed by atoms with E-state index in [2.05, 4.69) is 20.7 Å². The minimum atomic E-state index is -3.87. The monoisotopic (exact) mass is 359 g/mol. The van der Waals surface area contributed by atoms with Crippen molar-refractivity contribution in [2.45, 2.75) is 11.5 Å². The van der Waals surface area contributed by atoms with Crippen molar-refractivity contribution in [2.75, 3.05) is 4.72 Å². The van der Waals surface area contributed by atoms with Crippen LogP contribution in [0.4, 0.5) is 10.1 Å². The van der Waals surface area contributed by atoms with Crippen LogP contribution in [0.1, 0.15) is 5.56 Å². The van der Waals surface area contributed by atoms with E-state index in [0.29, 0.717) is 5.56 Å². The Morgan fingerprint density at radius 3 is 2.55 bits per heavy atom. The average molecular weight is 360 g/mol. The third-order valence-electron chi connectivity index (χ3n) is 2.62. The van der Waals surface area contributed by atoms with Crippen molar-refractivity contribution in [1.82, 2.24) is 0 Å². The number of aliphatic hydroxyl groups is 1. The Labute approximate surface area is 124 Å². The maximum atomic E-state index is 13.0. The fraction of sp³-hybridized carbons (Fsp3) is 0.0769. The third-order valence-corrected chi connectivity index (χ3v) is 4.96.